The smallest absolute Gasteiger partial charge is 0.220 e. The summed E-state index contributed by atoms with van der Waals surface area (Å²) in [7, 11) is 0. The average Bonchev–Trinajstić information content (AvgIpc) is 3.28. The number of likely N-dealkylation sites (tertiary alicyclic amines) is 1. The van der Waals surface area contributed by atoms with Gasteiger partial charge in [-0.2, -0.15) is 0 Å². The lowest BCUT2D eigenvalue weighted by Crippen LogP contribution is -2.48. The van der Waals surface area contributed by atoms with Gasteiger partial charge in [0, 0.05) is 19.8 Å². The van der Waals surface area contributed by atoms with E-state index in [4.69, 9.17) is 0 Å². The third-order valence-corrected chi connectivity index (χ3v) is 9.16. The molecule has 1 N–H and O–H groups in total. The maximum absolute atomic E-state index is 12.3. The highest BCUT2D eigenvalue weighted by atomic mass is 16.1. The summed E-state index contributed by atoms with van der Waals surface area (Å²) in [4.78, 5) is 15.0. The predicted octanol–water partition coefficient (Wildman–Crippen LogP) is 4.84. The standard InChI is InChI=1S/C26H34N2O.H2/c1-2-5-24(29)27-23-16-25(22-7-4-3-6-20(22)23)10-12-28(13-11-25)17-18-14-26-15-19(26)8-9-21(18)26;/h3-4,6-9,18-19,21,23H,2,5,10-17H2,1H3,(H,27,29);1H/t18-,19-,21+,23-,26?;/m0./s1. The minimum atomic E-state index is 0. The predicted molar refractivity (Wildman–Crippen MR) is 118 cm³/mol. The molecule has 2 saturated carbocycles. The van der Waals surface area contributed by atoms with E-state index < -0.39 is 0 Å². The number of piperidine rings is 1. The van der Waals surface area contributed by atoms with Crippen molar-refractivity contribution in [2.75, 3.05) is 19.6 Å². The molecule has 5 atom stereocenters. The number of hydrogen-bond acceptors (Lipinski definition) is 2. The van der Waals surface area contributed by atoms with Crippen LogP contribution in [0.15, 0.2) is 36.4 Å². The first-order chi connectivity index (χ1) is 14.1. The Labute approximate surface area is 176 Å². The quantitative estimate of drug-likeness (QED) is 0.727. The van der Waals surface area contributed by atoms with E-state index in [-0.39, 0.29) is 18.8 Å². The summed E-state index contributed by atoms with van der Waals surface area (Å²) in [5.41, 5.74) is 3.91. The van der Waals surface area contributed by atoms with Crippen molar-refractivity contribution in [3.05, 3.63) is 47.5 Å². The maximum atomic E-state index is 12.3. The molecule has 29 heavy (non-hydrogen) atoms. The van der Waals surface area contributed by atoms with E-state index in [1.54, 1.807) is 0 Å². The number of hydrogen-bond donors (Lipinski definition) is 1. The van der Waals surface area contributed by atoms with E-state index in [1.807, 2.05) is 0 Å². The zero-order chi connectivity index (χ0) is 19.6. The van der Waals surface area contributed by atoms with E-state index in [1.165, 1.54) is 56.4 Å². The van der Waals surface area contributed by atoms with Crippen molar-refractivity contribution in [1.82, 2.24) is 10.2 Å². The molecule has 1 aromatic rings. The molecule has 6 rings (SSSR count). The lowest BCUT2D eigenvalue weighted by molar-refractivity contribution is -0.121. The fourth-order valence-corrected chi connectivity index (χ4v) is 7.55. The topological polar surface area (TPSA) is 32.3 Å². The van der Waals surface area contributed by atoms with Gasteiger partial charge in [-0.3, -0.25) is 4.79 Å². The van der Waals surface area contributed by atoms with E-state index in [0.717, 1.165) is 36.0 Å². The van der Waals surface area contributed by atoms with Gasteiger partial charge in [-0.1, -0.05) is 43.3 Å². The molecule has 0 radical (unpaired) electrons. The van der Waals surface area contributed by atoms with Gasteiger partial charge in [0.2, 0.25) is 5.91 Å². The van der Waals surface area contributed by atoms with Gasteiger partial charge in [0.15, 0.2) is 0 Å². The Morgan fingerprint density at radius 2 is 2.00 bits per heavy atom. The number of nitrogens with one attached hydrogen (secondary N) is 1. The molecule has 3 nitrogen and oxygen atoms in total. The lowest BCUT2D eigenvalue weighted by Gasteiger charge is -2.48. The first kappa shape index (κ1) is 18.2. The van der Waals surface area contributed by atoms with Crippen molar-refractivity contribution >= 4 is 5.91 Å². The Kier molecular flexibility index (Phi) is 4.04. The summed E-state index contributed by atoms with van der Waals surface area (Å²) in [5.74, 6) is 2.96. The molecule has 1 aromatic carbocycles. The number of carbonyl (C=O) groups excluding carboxylic acids is 1. The van der Waals surface area contributed by atoms with Crippen LogP contribution in [0.3, 0.4) is 0 Å². The molecule has 3 fully saturated rings. The molecule has 5 aliphatic rings. The average molecular weight is 393 g/mol. The Balaban J connectivity index is 0.00000193. The second-order valence-corrected chi connectivity index (χ2v) is 10.7. The highest BCUT2D eigenvalue weighted by Crippen LogP contribution is 2.75. The van der Waals surface area contributed by atoms with Crippen molar-refractivity contribution in [1.29, 1.82) is 0 Å². The number of amides is 1. The molecule has 1 unspecified atom stereocenters. The van der Waals surface area contributed by atoms with Crippen LogP contribution in [-0.2, 0) is 10.2 Å². The Morgan fingerprint density at radius 1 is 1.17 bits per heavy atom. The second-order valence-electron chi connectivity index (χ2n) is 10.7. The third-order valence-electron chi connectivity index (χ3n) is 9.16. The molecule has 2 spiro atoms. The highest BCUT2D eigenvalue weighted by Gasteiger charge is 2.68. The Morgan fingerprint density at radius 3 is 2.76 bits per heavy atom. The van der Waals surface area contributed by atoms with E-state index in [9.17, 15) is 4.79 Å². The van der Waals surface area contributed by atoms with Crippen molar-refractivity contribution < 1.29 is 6.22 Å². The van der Waals surface area contributed by atoms with Gasteiger partial charge in [-0.15, -0.1) is 0 Å². The summed E-state index contributed by atoms with van der Waals surface area (Å²) in [5, 5.41) is 3.34. The summed E-state index contributed by atoms with van der Waals surface area (Å²) in [6, 6.07) is 9.12. The second kappa shape index (κ2) is 6.44. The zero-order valence-electron chi connectivity index (χ0n) is 17.7. The Bertz CT molecular complexity index is 858. The molecule has 3 heteroatoms. The van der Waals surface area contributed by atoms with Gasteiger partial charge < -0.3 is 10.2 Å². The van der Waals surface area contributed by atoms with Crippen LogP contribution in [0.25, 0.3) is 0 Å². The van der Waals surface area contributed by atoms with Crippen molar-refractivity contribution in [3.63, 3.8) is 0 Å². The van der Waals surface area contributed by atoms with Crippen LogP contribution in [0.1, 0.15) is 70.5 Å². The molecule has 1 aliphatic heterocycles. The largest absolute Gasteiger partial charge is 0.349 e. The first-order valence-electron chi connectivity index (χ1n) is 11.9. The van der Waals surface area contributed by atoms with Crippen molar-refractivity contribution in [3.8, 4) is 0 Å². The molecule has 1 amide bonds. The normalized spacial score (nSPS) is 38.2. The molecule has 1 heterocycles. The number of nitrogens with zero attached hydrogens (tertiary/aromatic N) is 1. The van der Waals surface area contributed by atoms with Crippen molar-refractivity contribution in [2.45, 2.75) is 63.3 Å². The van der Waals surface area contributed by atoms with Gasteiger partial charge in [0.05, 0.1) is 6.04 Å². The van der Waals surface area contributed by atoms with Crippen LogP contribution in [-0.4, -0.2) is 30.4 Å². The highest BCUT2D eigenvalue weighted by molar-refractivity contribution is 5.76. The summed E-state index contributed by atoms with van der Waals surface area (Å²) < 4.78 is 0. The fourth-order valence-electron chi connectivity index (χ4n) is 7.55. The summed E-state index contributed by atoms with van der Waals surface area (Å²) in [6.07, 6.45) is 13.1. The monoisotopic (exact) mass is 392 g/mol. The van der Waals surface area contributed by atoms with E-state index in [0.29, 0.717) is 6.42 Å². The summed E-state index contributed by atoms with van der Waals surface area (Å²) >= 11 is 0. The number of rotatable bonds is 5. The van der Waals surface area contributed by atoms with E-state index >= 15 is 0 Å². The molecule has 1 saturated heterocycles. The molecular weight excluding hydrogens is 356 g/mol. The number of fused-ring (bicyclic) bond motifs is 2. The van der Waals surface area contributed by atoms with Gasteiger partial charge >= 0.3 is 0 Å². The fraction of sp³-hybridized carbons (Fsp3) is 0.654. The maximum Gasteiger partial charge on any atom is 0.220 e. The van der Waals surface area contributed by atoms with Gasteiger partial charge in [0.25, 0.3) is 0 Å². The van der Waals surface area contributed by atoms with Crippen molar-refractivity contribution in [2.24, 2.45) is 23.2 Å². The Hall–Kier alpha value is -1.61. The first-order valence-corrected chi connectivity index (χ1v) is 11.9. The van der Waals surface area contributed by atoms with Crippen LogP contribution in [0.5, 0.6) is 0 Å². The minimum Gasteiger partial charge on any atom is -0.349 e. The molecule has 156 valence electrons. The lowest BCUT2D eigenvalue weighted by atomic mass is 9.62. The van der Waals surface area contributed by atoms with E-state index in [2.05, 4.69) is 53.6 Å². The minimum absolute atomic E-state index is 0. The van der Waals surface area contributed by atoms with Gasteiger partial charge in [0.1, 0.15) is 0 Å². The van der Waals surface area contributed by atoms with Crippen LogP contribution in [0, 0.1) is 23.2 Å². The SMILES string of the molecule is CCCC(=O)N[C@H]1CC2(CCN(C[C@@H]3CC45C[C@@H]4C=C[C@H]35)CC2)c2ccccc21.[HH]. The number of allylic oxidation sites excluding steroid dienone is 2. The molecule has 0 aromatic heterocycles. The van der Waals surface area contributed by atoms with Gasteiger partial charge in [-0.05, 0) is 85.9 Å². The molecule has 4 aliphatic carbocycles. The van der Waals surface area contributed by atoms with Crippen LogP contribution in [0.4, 0.5) is 0 Å². The molecular formula is C26H36N2O. The molecule has 0 bridgehead atoms. The zero-order valence-corrected chi connectivity index (χ0v) is 17.7. The number of carbonyl (C=O) groups is 1. The van der Waals surface area contributed by atoms with Gasteiger partial charge in [-0.25, -0.2) is 0 Å². The number of benzene rings is 1. The van der Waals surface area contributed by atoms with Crippen LogP contribution < -0.4 is 5.32 Å². The summed E-state index contributed by atoms with van der Waals surface area (Å²) in [6.45, 7) is 5.81. The third kappa shape index (κ3) is 2.69. The van der Waals surface area contributed by atoms with Crippen LogP contribution >= 0.6 is 0 Å². The van der Waals surface area contributed by atoms with Crippen LogP contribution in [0.2, 0.25) is 0 Å².